The van der Waals surface area contributed by atoms with Crippen LogP contribution >= 0.6 is 0 Å². The molecular weight excluding hydrogens is 202 g/mol. The van der Waals surface area contributed by atoms with Crippen molar-refractivity contribution < 1.29 is 4.74 Å². The quantitative estimate of drug-likeness (QED) is 0.779. The van der Waals surface area contributed by atoms with Gasteiger partial charge in [-0.05, 0) is 30.2 Å². The minimum Gasteiger partial charge on any atom is -0.467 e. The van der Waals surface area contributed by atoms with E-state index in [1.807, 2.05) is 25.1 Å². The van der Waals surface area contributed by atoms with Gasteiger partial charge in [0.15, 0.2) is 0 Å². The van der Waals surface area contributed by atoms with Gasteiger partial charge in [0.1, 0.15) is 0 Å². The topological polar surface area (TPSA) is 61.0 Å². The summed E-state index contributed by atoms with van der Waals surface area (Å²) in [6.07, 6.45) is 3.46. The summed E-state index contributed by atoms with van der Waals surface area (Å²) in [4.78, 5) is 8.14. The Labute approximate surface area is 94.1 Å². The van der Waals surface area contributed by atoms with E-state index in [0.29, 0.717) is 6.01 Å². The van der Waals surface area contributed by atoms with E-state index >= 15 is 0 Å². The molecule has 4 heteroatoms. The molecule has 0 unspecified atom stereocenters. The number of methoxy groups -OCH3 is 1. The number of benzene rings is 1. The number of nitrogens with zero attached hydrogens (tertiary/aromatic N) is 2. The number of rotatable bonds is 2. The fourth-order valence-corrected chi connectivity index (χ4v) is 1.51. The van der Waals surface area contributed by atoms with Crippen molar-refractivity contribution >= 4 is 5.69 Å². The molecule has 0 atom stereocenters. The van der Waals surface area contributed by atoms with E-state index in [4.69, 9.17) is 10.5 Å². The smallest absolute Gasteiger partial charge is 0.316 e. The molecule has 1 heterocycles. The number of nitrogen functional groups attached to an aromatic ring is 1. The lowest BCUT2D eigenvalue weighted by Crippen LogP contribution is -1.93. The SMILES string of the molecule is COc1ncc(-c2cc(N)ccc2C)cn1. The van der Waals surface area contributed by atoms with Gasteiger partial charge in [0, 0.05) is 23.6 Å². The van der Waals surface area contributed by atoms with Gasteiger partial charge in [-0.25, -0.2) is 9.97 Å². The van der Waals surface area contributed by atoms with E-state index in [0.717, 1.165) is 22.4 Å². The van der Waals surface area contributed by atoms with E-state index in [1.165, 1.54) is 0 Å². The maximum absolute atomic E-state index is 5.76. The molecular formula is C12H13N3O. The first-order valence-electron chi connectivity index (χ1n) is 4.93. The predicted molar refractivity (Wildman–Crippen MR) is 63.2 cm³/mol. The van der Waals surface area contributed by atoms with Crippen LogP contribution in [-0.4, -0.2) is 17.1 Å². The maximum atomic E-state index is 5.76. The number of aryl methyl sites for hydroxylation is 1. The highest BCUT2D eigenvalue weighted by atomic mass is 16.5. The van der Waals surface area contributed by atoms with E-state index in [2.05, 4.69) is 9.97 Å². The molecule has 0 aliphatic rings. The third-order valence-electron chi connectivity index (χ3n) is 2.38. The second-order valence-corrected chi connectivity index (χ2v) is 3.53. The molecule has 2 rings (SSSR count). The van der Waals surface area contributed by atoms with Gasteiger partial charge in [-0.15, -0.1) is 0 Å². The number of hydrogen-bond acceptors (Lipinski definition) is 4. The molecule has 1 aromatic carbocycles. The minimum atomic E-state index is 0.366. The van der Waals surface area contributed by atoms with Crippen LogP contribution in [0.5, 0.6) is 6.01 Å². The van der Waals surface area contributed by atoms with Gasteiger partial charge in [-0.3, -0.25) is 0 Å². The van der Waals surface area contributed by atoms with Crippen LogP contribution in [0, 0.1) is 6.92 Å². The summed E-state index contributed by atoms with van der Waals surface area (Å²) in [5, 5.41) is 0. The first kappa shape index (κ1) is 10.4. The van der Waals surface area contributed by atoms with Crippen molar-refractivity contribution in [3.8, 4) is 17.1 Å². The average molecular weight is 215 g/mol. The zero-order valence-electron chi connectivity index (χ0n) is 9.27. The molecule has 16 heavy (non-hydrogen) atoms. The Morgan fingerprint density at radius 1 is 1.19 bits per heavy atom. The number of hydrogen-bond donors (Lipinski definition) is 1. The maximum Gasteiger partial charge on any atom is 0.316 e. The van der Waals surface area contributed by atoms with E-state index < -0.39 is 0 Å². The fourth-order valence-electron chi connectivity index (χ4n) is 1.51. The molecule has 0 saturated heterocycles. The molecule has 0 amide bonds. The second kappa shape index (κ2) is 4.18. The summed E-state index contributed by atoms with van der Waals surface area (Å²) in [6.45, 7) is 2.03. The third-order valence-corrected chi connectivity index (χ3v) is 2.38. The van der Waals surface area contributed by atoms with Crippen LogP contribution in [-0.2, 0) is 0 Å². The highest BCUT2D eigenvalue weighted by Crippen LogP contribution is 2.24. The zero-order chi connectivity index (χ0) is 11.5. The molecule has 0 aliphatic heterocycles. The number of anilines is 1. The van der Waals surface area contributed by atoms with Crippen molar-refractivity contribution in [2.24, 2.45) is 0 Å². The molecule has 1 aromatic heterocycles. The molecule has 0 bridgehead atoms. The van der Waals surface area contributed by atoms with Crippen LogP contribution < -0.4 is 10.5 Å². The number of nitrogens with two attached hydrogens (primary N) is 1. The van der Waals surface area contributed by atoms with Crippen molar-refractivity contribution in [3.63, 3.8) is 0 Å². The first-order chi connectivity index (χ1) is 7.70. The van der Waals surface area contributed by atoms with Crippen molar-refractivity contribution in [3.05, 3.63) is 36.2 Å². The molecule has 0 fully saturated rings. The Balaban J connectivity index is 2.45. The van der Waals surface area contributed by atoms with E-state index in [9.17, 15) is 0 Å². The summed E-state index contributed by atoms with van der Waals surface area (Å²) >= 11 is 0. The lowest BCUT2D eigenvalue weighted by Gasteiger charge is -2.06. The van der Waals surface area contributed by atoms with Crippen molar-refractivity contribution in [2.45, 2.75) is 6.92 Å². The van der Waals surface area contributed by atoms with Crippen LogP contribution in [0.1, 0.15) is 5.56 Å². The van der Waals surface area contributed by atoms with Crippen LogP contribution in [0.4, 0.5) is 5.69 Å². The lowest BCUT2D eigenvalue weighted by molar-refractivity contribution is 0.380. The zero-order valence-corrected chi connectivity index (χ0v) is 9.27. The van der Waals surface area contributed by atoms with E-state index in [1.54, 1.807) is 19.5 Å². The molecule has 2 aromatic rings. The predicted octanol–water partition coefficient (Wildman–Crippen LogP) is 2.04. The van der Waals surface area contributed by atoms with Gasteiger partial charge in [0.25, 0.3) is 0 Å². The highest BCUT2D eigenvalue weighted by molar-refractivity contribution is 5.69. The average Bonchev–Trinajstić information content (AvgIpc) is 2.32. The normalized spacial score (nSPS) is 10.1. The molecule has 82 valence electrons. The van der Waals surface area contributed by atoms with Crippen LogP contribution in [0.25, 0.3) is 11.1 Å². The summed E-state index contributed by atoms with van der Waals surface area (Å²) in [7, 11) is 1.54. The lowest BCUT2D eigenvalue weighted by atomic mass is 10.0. The largest absolute Gasteiger partial charge is 0.467 e. The summed E-state index contributed by atoms with van der Waals surface area (Å²) in [6, 6.07) is 6.14. The summed E-state index contributed by atoms with van der Waals surface area (Å²) in [5.74, 6) is 0. The second-order valence-electron chi connectivity index (χ2n) is 3.53. The van der Waals surface area contributed by atoms with Crippen LogP contribution in [0.15, 0.2) is 30.6 Å². The molecule has 0 spiro atoms. The van der Waals surface area contributed by atoms with Gasteiger partial charge < -0.3 is 10.5 Å². The van der Waals surface area contributed by atoms with Gasteiger partial charge in [0.05, 0.1) is 7.11 Å². The Bertz CT molecular complexity index is 494. The van der Waals surface area contributed by atoms with E-state index in [-0.39, 0.29) is 0 Å². The van der Waals surface area contributed by atoms with Crippen LogP contribution in [0.3, 0.4) is 0 Å². The van der Waals surface area contributed by atoms with Gasteiger partial charge >= 0.3 is 6.01 Å². The van der Waals surface area contributed by atoms with Gasteiger partial charge in [0.2, 0.25) is 0 Å². The Morgan fingerprint density at radius 3 is 2.50 bits per heavy atom. The van der Waals surface area contributed by atoms with Crippen molar-refractivity contribution in [1.82, 2.24) is 9.97 Å². The monoisotopic (exact) mass is 215 g/mol. The standard InChI is InChI=1S/C12H13N3O/c1-8-3-4-10(13)5-11(8)9-6-14-12(16-2)15-7-9/h3-7H,13H2,1-2H3. The third kappa shape index (κ3) is 1.95. The first-order valence-corrected chi connectivity index (χ1v) is 4.93. The molecule has 0 saturated carbocycles. The van der Waals surface area contributed by atoms with Gasteiger partial charge in [-0.1, -0.05) is 6.07 Å². The molecule has 2 N–H and O–H groups in total. The number of ether oxygens (including phenoxy) is 1. The number of aromatic nitrogens is 2. The summed E-state index contributed by atoms with van der Waals surface area (Å²) in [5.41, 5.74) is 9.61. The van der Waals surface area contributed by atoms with Crippen molar-refractivity contribution in [1.29, 1.82) is 0 Å². The van der Waals surface area contributed by atoms with Crippen molar-refractivity contribution in [2.75, 3.05) is 12.8 Å². The minimum absolute atomic E-state index is 0.366. The molecule has 4 nitrogen and oxygen atoms in total. The summed E-state index contributed by atoms with van der Waals surface area (Å²) < 4.78 is 4.91. The molecule has 0 radical (unpaired) electrons. The Kier molecular flexibility index (Phi) is 2.72. The Morgan fingerprint density at radius 2 is 1.88 bits per heavy atom. The van der Waals surface area contributed by atoms with Gasteiger partial charge in [-0.2, -0.15) is 0 Å². The fraction of sp³-hybridized carbons (Fsp3) is 0.167. The molecule has 0 aliphatic carbocycles. The Hall–Kier alpha value is -2.10. The highest BCUT2D eigenvalue weighted by Gasteiger charge is 2.04. The van der Waals surface area contributed by atoms with Crippen LogP contribution in [0.2, 0.25) is 0 Å².